The van der Waals surface area contributed by atoms with Gasteiger partial charge in [0, 0.05) is 6.54 Å². The molecule has 0 unspecified atom stereocenters. The Balaban J connectivity index is 2.26. The molecule has 0 radical (unpaired) electrons. The minimum absolute atomic E-state index is 0.227. The highest BCUT2D eigenvalue weighted by Crippen LogP contribution is 2.16. The fourth-order valence-electron chi connectivity index (χ4n) is 2.03. The van der Waals surface area contributed by atoms with E-state index in [1.54, 1.807) is 4.57 Å². The Hall–Kier alpha value is -2.10. The second kappa shape index (κ2) is 5.26. The van der Waals surface area contributed by atoms with E-state index in [-0.39, 0.29) is 5.69 Å². The van der Waals surface area contributed by atoms with Crippen LogP contribution in [0.15, 0.2) is 30.5 Å². The van der Waals surface area contributed by atoms with Crippen LogP contribution in [0.1, 0.15) is 47.2 Å². The van der Waals surface area contributed by atoms with Gasteiger partial charge in [0.1, 0.15) is 11.5 Å². The van der Waals surface area contributed by atoms with Gasteiger partial charge in [-0.15, -0.1) is 0 Å². The van der Waals surface area contributed by atoms with Crippen molar-refractivity contribution in [2.24, 2.45) is 0 Å². The molecule has 0 saturated carbocycles. The van der Waals surface area contributed by atoms with Crippen molar-refractivity contribution >= 4 is 5.97 Å². The lowest BCUT2D eigenvalue weighted by Gasteiger charge is -2.10. The van der Waals surface area contributed by atoms with E-state index in [2.05, 4.69) is 31.0 Å². The number of hydrogen-bond acceptors (Lipinski definition) is 2. The van der Waals surface area contributed by atoms with E-state index >= 15 is 0 Å². The van der Waals surface area contributed by atoms with Crippen LogP contribution in [0.3, 0.4) is 0 Å². The number of nitrogens with zero attached hydrogens (tertiary/aromatic N) is 2. The largest absolute Gasteiger partial charge is 0.477 e. The maximum absolute atomic E-state index is 11.1. The van der Waals surface area contributed by atoms with Gasteiger partial charge in [-0.3, -0.25) is 0 Å². The third kappa shape index (κ3) is 2.84. The molecule has 4 nitrogen and oxygen atoms in total. The zero-order chi connectivity index (χ0) is 14.0. The van der Waals surface area contributed by atoms with Gasteiger partial charge >= 0.3 is 5.97 Å². The number of carboxylic acid groups (broad SMARTS) is 1. The Bertz CT molecular complexity index is 583. The maximum Gasteiger partial charge on any atom is 0.354 e. The molecule has 0 aliphatic carbocycles. The lowest BCUT2D eigenvalue weighted by Crippen LogP contribution is -2.10. The predicted molar refractivity (Wildman–Crippen MR) is 73.6 cm³/mol. The van der Waals surface area contributed by atoms with Crippen LogP contribution in [-0.4, -0.2) is 20.6 Å². The normalized spacial score (nSPS) is 10.9. The molecule has 2 rings (SSSR count). The average Bonchev–Trinajstić information content (AvgIpc) is 2.72. The minimum atomic E-state index is -0.945. The number of carboxylic acids is 1. The summed E-state index contributed by atoms with van der Waals surface area (Å²) in [5, 5.41) is 9.11. The molecule has 0 spiro atoms. The molecule has 100 valence electrons. The number of aromatic nitrogens is 2. The summed E-state index contributed by atoms with van der Waals surface area (Å²) in [5.41, 5.74) is 2.59. The first-order chi connectivity index (χ1) is 8.99. The summed E-state index contributed by atoms with van der Waals surface area (Å²) in [5.74, 6) is 0.267. The number of imidazole rings is 1. The van der Waals surface area contributed by atoms with Crippen molar-refractivity contribution in [3.8, 4) is 0 Å². The zero-order valence-corrected chi connectivity index (χ0v) is 11.4. The maximum atomic E-state index is 11.1. The fourth-order valence-corrected chi connectivity index (χ4v) is 2.03. The van der Waals surface area contributed by atoms with Crippen LogP contribution < -0.4 is 0 Å². The number of hydrogen-bond donors (Lipinski definition) is 1. The van der Waals surface area contributed by atoms with Crippen molar-refractivity contribution in [2.45, 2.75) is 33.2 Å². The Morgan fingerprint density at radius 2 is 1.95 bits per heavy atom. The Morgan fingerprint density at radius 3 is 2.47 bits per heavy atom. The molecule has 1 aromatic carbocycles. The predicted octanol–water partition coefficient (Wildman–Crippen LogP) is 3.06. The molecule has 0 amide bonds. The topological polar surface area (TPSA) is 55.1 Å². The summed E-state index contributed by atoms with van der Waals surface area (Å²) in [6.45, 7) is 6.65. The summed E-state index contributed by atoms with van der Waals surface area (Å²) >= 11 is 0. The highest BCUT2D eigenvalue weighted by atomic mass is 16.4. The highest BCUT2D eigenvalue weighted by Gasteiger charge is 2.13. The smallest absolute Gasteiger partial charge is 0.354 e. The summed E-state index contributed by atoms with van der Waals surface area (Å²) in [4.78, 5) is 15.2. The van der Waals surface area contributed by atoms with E-state index in [0.717, 1.165) is 5.56 Å². The van der Waals surface area contributed by atoms with Gasteiger partial charge in [-0.1, -0.05) is 38.1 Å². The first kappa shape index (κ1) is 13.3. The minimum Gasteiger partial charge on any atom is -0.477 e. The quantitative estimate of drug-likeness (QED) is 0.917. The Morgan fingerprint density at radius 1 is 1.32 bits per heavy atom. The van der Waals surface area contributed by atoms with E-state index in [9.17, 15) is 4.79 Å². The van der Waals surface area contributed by atoms with Crippen LogP contribution in [-0.2, 0) is 6.54 Å². The van der Waals surface area contributed by atoms with Gasteiger partial charge < -0.3 is 9.67 Å². The van der Waals surface area contributed by atoms with Crippen molar-refractivity contribution in [3.63, 3.8) is 0 Å². The number of benzene rings is 1. The van der Waals surface area contributed by atoms with Crippen molar-refractivity contribution < 1.29 is 9.90 Å². The lowest BCUT2D eigenvalue weighted by molar-refractivity contribution is 0.0685. The van der Waals surface area contributed by atoms with Gasteiger partial charge in [-0.2, -0.15) is 0 Å². The second-order valence-corrected chi connectivity index (χ2v) is 4.98. The molecule has 2 aromatic rings. The van der Waals surface area contributed by atoms with Crippen molar-refractivity contribution in [1.82, 2.24) is 9.55 Å². The van der Waals surface area contributed by atoms with Crippen LogP contribution in [0.2, 0.25) is 0 Å². The summed E-state index contributed by atoms with van der Waals surface area (Å²) in [6.07, 6.45) is 1.40. The van der Waals surface area contributed by atoms with Crippen molar-refractivity contribution in [3.05, 3.63) is 53.1 Å². The lowest BCUT2D eigenvalue weighted by atomic mass is 10.0. The first-order valence-electron chi connectivity index (χ1n) is 6.33. The van der Waals surface area contributed by atoms with Gasteiger partial charge in [0.2, 0.25) is 0 Å². The van der Waals surface area contributed by atoms with Gasteiger partial charge in [0.05, 0.1) is 6.20 Å². The summed E-state index contributed by atoms with van der Waals surface area (Å²) in [6, 6.07) is 8.26. The van der Waals surface area contributed by atoms with Crippen LogP contribution >= 0.6 is 0 Å². The first-order valence-corrected chi connectivity index (χ1v) is 6.33. The molecule has 0 aliphatic heterocycles. The monoisotopic (exact) mass is 258 g/mol. The molecule has 0 fully saturated rings. The van der Waals surface area contributed by atoms with Gasteiger partial charge in [0.15, 0.2) is 0 Å². The molecule has 0 saturated heterocycles. The van der Waals surface area contributed by atoms with E-state index in [1.807, 2.05) is 19.1 Å². The van der Waals surface area contributed by atoms with E-state index in [1.165, 1.54) is 11.8 Å². The molecule has 19 heavy (non-hydrogen) atoms. The fraction of sp³-hybridized carbons (Fsp3) is 0.333. The van der Waals surface area contributed by atoms with Gasteiger partial charge in [-0.25, -0.2) is 9.78 Å². The molecule has 0 atom stereocenters. The van der Waals surface area contributed by atoms with Gasteiger partial charge in [-0.05, 0) is 24.0 Å². The number of carbonyl (C=O) groups is 1. The highest BCUT2D eigenvalue weighted by molar-refractivity contribution is 5.85. The molecule has 1 aromatic heterocycles. The summed E-state index contributed by atoms with van der Waals surface area (Å²) in [7, 11) is 0. The van der Waals surface area contributed by atoms with E-state index in [4.69, 9.17) is 5.11 Å². The second-order valence-electron chi connectivity index (χ2n) is 4.98. The van der Waals surface area contributed by atoms with Crippen molar-refractivity contribution in [1.29, 1.82) is 0 Å². The van der Waals surface area contributed by atoms with Crippen LogP contribution in [0.25, 0.3) is 0 Å². The number of rotatable bonds is 4. The SMILES string of the molecule is Cc1ncc(C(=O)O)n1Cc1ccc(C(C)C)cc1. The van der Waals surface area contributed by atoms with Gasteiger partial charge in [0.25, 0.3) is 0 Å². The standard InChI is InChI=1S/C15H18N2O2/c1-10(2)13-6-4-12(5-7-13)9-17-11(3)16-8-14(17)15(18)19/h4-8,10H,9H2,1-3H3,(H,18,19). The van der Waals surface area contributed by atoms with Crippen molar-refractivity contribution in [2.75, 3.05) is 0 Å². The average molecular weight is 258 g/mol. The third-order valence-electron chi connectivity index (χ3n) is 3.26. The molecular weight excluding hydrogens is 240 g/mol. The molecular formula is C15H18N2O2. The Kier molecular flexibility index (Phi) is 3.69. The molecule has 4 heteroatoms. The Labute approximate surface area is 112 Å². The van der Waals surface area contributed by atoms with E-state index in [0.29, 0.717) is 18.3 Å². The van der Waals surface area contributed by atoms with Crippen LogP contribution in [0, 0.1) is 6.92 Å². The molecule has 0 bridgehead atoms. The van der Waals surface area contributed by atoms with Crippen LogP contribution in [0.4, 0.5) is 0 Å². The number of aryl methyl sites for hydroxylation is 1. The zero-order valence-electron chi connectivity index (χ0n) is 11.4. The molecule has 1 N–H and O–H groups in total. The summed E-state index contributed by atoms with van der Waals surface area (Å²) < 4.78 is 1.71. The van der Waals surface area contributed by atoms with Crippen LogP contribution in [0.5, 0.6) is 0 Å². The number of aromatic carboxylic acids is 1. The molecule has 0 aliphatic rings. The third-order valence-corrected chi connectivity index (χ3v) is 3.26. The van der Waals surface area contributed by atoms with E-state index < -0.39 is 5.97 Å². The molecule has 1 heterocycles.